The molecule has 1 aliphatic rings. The molecule has 30 heavy (non-hydrogen) atoms. The van der Waals surface area contributed by atoms with Crippen LogP contribution in [0.1, 0.15) is 37.3 Å². The summed E-state index contributed by atoms with van der Waals surface area (Å²) in [6.45, 7) is 4.10. The molecule has 0 saturated carbocycles. The SMILES string of the molecule is C[C@H](NC(=O)C1CCN(Cc2nc(-c3ccccc3)no2)CC1)c1ccc(F)cc1. The van der Waals surface area contributed by atoms with E-state index in [1.807, 2.05) is 37.3 Å². The van der Waals surface area contributed by atoms with Crippen LogP contribution in [0.25, 0.3) is 11.4 Å². The molecule has 4 rings (SSSR count). The number of carbonyl (C=O) groups excluding carboxylic acids is 1. The molecular formula is C23H25FN4O2. The Balaban J connectivity index is 1.26. The van der Waals surface area contributed by atoms with Crippen LogP contribution in [0, 0.1) is 11.7 Å². The fourth-order valence-electron chi connectivity index (χ4n) is 3.73. The minimum atomic E-state index is -0.276. The predicted molar refractivity (Wildman–Crippen MR) is 111 cm³/mol. The van der Waals surface area contributed by atoms with E-state index in [1.54, 1.807) is 12.1 Å². The number of amides is 1. The zero-order valence-corrected chi connectivity index (χ0v) is 16.9. The summed E-state index contributed by atoms with van der Waals surface area (Å²) in [6, 6.07) is 15.8. The smallest absolute Gasteiger partial charge is 0.241 e. The Bertz CT molecular complexity index is 966. The van der Waals surface area contributed by atoms with Gasteiger partial charge >= 0.3 is 0 Å². The number of carbonyl (C=O) groups is 1. The summed E-state index contributed by atoms with van der Waals surface area (Å²) in [5.41, 5.74) is 1.82. The number of piperidine rings is 1. The van der Waals surface area contributed by atoms with Crippen LogP contribution in [-0.2, 0) is 11.3 Å². The Morgan fingerprint density at radius 3 is 2.57 bits per heavy atom. The van der Waals surface area contributed by atoms with Gasteiger partial charge in [0.2, 0.25) is 17.6 Å². The van der Waals surface area contributed by atoms with Gasteiger partial charge in [0, 0.05) is 11.5 Å². The van der Waals surface area contributed by atoms with Gasteiger partial charge in [-0.15, -0.1) is 0 Å². The van der Waals surface area contributed by atoms with E-state index in [2.05, 4.69) is 20.4 Å². The van der Waals surface area contributed by atoms with Gasteiger partial charge in [0.15, 0.2) is 0 Å². The summed E-state index contributed by atoms with van der Waals surface area (Å²) >= 11 is 0. The molecule has 1 aliphatic heterocycles. The second kappa shape index (κ2) is 9.17. The lowest BCUT2D eigenvalue weighted by Crippen LogP contribution is -2.40. The van der Waals surface area contributed by atoms with E-state index < -0.39 is 0 Å². The molecule has 1 saturated heterocycles. The van der Waals surface area contributed by atoms with Gasteiger partial charge < -0.3 is 9.84 Å². The van der Waals surface area contributed by atoms with Crippen molar-refractivity contribution in [3.63, 3.8) is 0 Å². The van der Waals surface area contributed by atoms with Gasteiger partial charge in [-0.25, -0.2) is 4.39 Å². The van der Waals surface area contributed by atoms with E-state index >= 15 is 0 Å². The largest absolute Gasteiger partial charge is 0.349 e. The maximum Gasteiger partial charge on any atom is 0.241 e. The number of nitrogens with zero attached hydrogens (tertiary/aromatic N) is 3. The van der Waals surface area contributed by atoms with Crippen molar-refractivity contribution < 1.29 is 13.7 Å². The van der Waals surface area contributed by atoms with Gasteiger partial charge in [0.1, 0.15) is 5.82 Å². The zero-order chi connectivity index (χ0) is 20.9. The molecule has 156 valence electrons. The van der Waals surface area contributed by atoms with Crippen molar-refractivity contribution in [2.45, 2.75) is 32.4 Å². The lowest BCUT2D eigenvalue weighted by molar-refractivity contribution is -0.127. The molecule has 2 heterocycles. The minimum Gasteiger partial charge on any atom is -0.349 e. The highest BCUT2D eigenvalue weighted by Gasteiger charge is 2.27. The highest BCUT2D eigenvalue weighted by molar-refractivity contribution is 5.79. The number of aromatic nitrogens is 2. The lowest BCUT2D eigenvalue weighted by Gasteiger charge is -2.30. The van der Waals surface area contributed by atoms with Crippen LogP contribution in [0.2, 0.25) is 0 Å². The Hall–Kier alpha value is -3.06. The first kappa shape index (κ1) is 20.2. The van der Waals surface area contributed by atoms with E-state index in [1.165, 1.54) is 12.1 Å². The fraction of sp³-hybridized carbons (Fsp3) is 0.348. The fourth-order valence-corrected chi connectivity index (χ4v) is 3.73. The van der Waals surface area contributed by atoms with E-state index in [0.717, 1.165) is 37.1 Å². The van der Waals surface area contributed by atoms with Crippen molar-refractivity contribution in [2.75, 3.05) is 13.1 Å². The first-order chi connectivity index (χ1) is 14.6. The Morgan fingerprint density at radius 1 is 1.17 bits per heavy atom. The van der Waals surface area contributed by atoms with Crippen molar-refractivity contribution >= 4 is 5.91 Å². The first-order valence-electron chi connectivity index (χ1n) is 10.2. The number of benzene rings is 2. The van der Waals surface area contributed by atoms with E-state index in [-0.39, 0.29) is 23.7 Å². The first-order valence-corrected chi connectivity index (χ1v) is 10.2. The maximum absolute atomic E-state index is 13.1. The normalized spacial score (nSPS) is 16.3. The molecule has 0 unspecified atom stereocenters. The second-order valence-electron chi connectivity index (χ2n) is 7.71. The Morgan fingerprint density at radius 2 is 1.87 bits per heavy atom. The molecule has 1 atom stereocenters. The van der Waals surface area contributed by atoms with Crippen LogP contribution in [0.4, 0.5) is 4.39 Å². The summed E-state index contributed by atoms with van der Waals surface area (Å²) in [7, 11) is 0. The summed E-state index contributed by atoms with van der Waals surface area (Å²) < 4.78 is 18.5. The molecule has 7 heteroatoms. The van der Waals surface area contributed by atoms with Crippen molar-refractivity contribution in [1.82, 2.24) is 20.4 Å². The molecule has 0 spiro atoms. The van der Waals surface area contributed by atoms with Crippen LogP contribution in [-0.4, -0.2) is 34.0 Å². The molecule has 0 bridgehead atoms. The number of rotatable bonds is 6. The average Bonchev–Trinajstić information content (AvgIpc) is 3.24. The third kappa shape index (κ3) is 4.91. The zero-order valence-electron chi connectivity index (χ0n) is 16.9. The molecule has 6 nitrogen and oxygen atoms in total. The van der Waals surface area contributed by atoms with Gasteiger partial charge in [-0.05, 0) is 50.6 Å². The summed E-state index contributed by atoms with van der Waals surface area (Å²) in [5.74, 6) is 0.931. The van der Waals surface area contributed by atoms with Gasteiger partial charge in [-0.2, -0.15) is 4.98 Å². The standard InChI is InChI=1S/C23H25FN4O2/c1-16(17-7-9-20(24)10-8-17)25-23(29)19-11-13-28(14-12-19)15-21-26-22(27-30-21)18-5-3-2-4-6-18/h2-10,16,19H,11-15H2,1H3,(H,25,29)/t16-/m0/s1. The third-order valence-electron chi connectivity index (χ3n) is 5.55. The van der Waals surface area contributed by atoms with Crippen molar-refractivity contribution in [1.29, 1.82) is 0 Å². The van der Waals surface area contributed by atoms with E-state index in [9.17, 15) is 9.18 Å². The van der Waals surface area contributed by atoms with Crippen molar-refractivity contribution in [2.24, 2.45) is 5.92 Å². The van der Waals surface area contributed by atoms with Gasteiger partial charge in [-0.3, -0.25) is 9.69 Å². The monoisotopic (exact) mass is 408 g/mol. The van der Waals surface area contributed by atoms with E-state index in [0.29, 0.717) is 18.3 Å². The van der Waals surface area contributed by atoms with Crippen molar-refractivity contribution in [3.8, 4) is 11.4 Å². The van der Waals surface area contributed by atoms with Crippen LogP contribution >= 0.6 is 0 Å². The van der Waals surface area contributed by atoms with Crippen LogP contribution in [0.5, 0.6) is 0 Å². The summed E-state index contributed by atoms with van der Waals surface area (Å²) in [5, 5.41) is 7.11. The summed E-state index contributed by atoms with van der Waals surface area (Å²) in [4.78, 5) is 19.3. The quantitative estimate of drug-likeness (QED) is 0.668. The van der Waals surface area contributed by atoms with Crippen LogP contribution in [0.3, 0.4) is 0 Å². The predicted octanol–water partition coefficient (Wildman–Crippen LogP) is 3.97. The molecule has 1 fully saturated rings. The number of hydrogen-bond donors (Lipinski definition) is 1. The molecule has 1 amide bonds. The Kier molecular flexibility index (Phi) is 6.18. The molecule has 0 radical (unpaired) electrons. The number of nitrogens with one attached hydrogen (secondary N) is 1. The summed E-state index contributed by atoms with van der Waals surface area (Å²) in [6.07, 6.45) is 1.56. The highest BCUT2D eigenvalue weighted by atomic mass is 19.1. The van der Waals surface area contributed by atoms with Crippen molar-refractivity contribution in [3.05, 3.63) is 71.9 Å². The maximum atomic E-state index is 13.1. The number of hydrogen-bond acceptors (Lipinski definition) is 5. The van der Waals surface area contributed by atoms with Crippen LogP contribution in [0.15, 0.2) is 59.1 Å². The lowest BCUT2D eigenvalue weighted by atomic mass is 9.95. The molecule has 1 N–H and O–H groups in total. The van der Waals surface area contributed by atoms with E-state index in [4.69, 9.17) is 4.52 Å². The van der Waals surface area contributed by atoms with Crippen LogP contribution < -0.4 is 5.32 Å². The minimum absolute atomic E-state index is 0.0216. The molecule has 3 aromatic rings. The molecule has 0 aliphatic carbocycles. The average molecular weight is 408 g/mol. The van der Waals surface area contributed by atoms with Gasteiger partial charge in [-0.1, -0.05) is 47.6 Å². The Labute approximate surface area is 175 Å². The topological polar surface area (TPSA) is 71.3 Å². The second-order valence-corrected chi connectivity index (χ2v) is 7.71. The highest BCUT2D eigenvalue weighted by Crippen LogP contribution is 2.22. The van der Waals surface area contributed by atoms with Gasteiger partial charge in [0.25, 0.3) is 0 Å². The van der Waals surface area contributed by atoms with Gasteiger partial charge in [0.05, 0.1) is 12.6 Å². The third-order valence-corrected chi connectivity index (χ3v) is 5.55. The number of halogens is 1. The number of likely N-dealkylation sites (tertiary alicyclic amines) is 1. The molecular weight excluding hydrogens is 383 g/mol. The molecule has 2 aromatic carbocycles. The molecule has 1 aromatic heterocycles.